The normalized spacial score (nSPS) is 14.7. The predicted octanol–water partition coefficient (Wildman–Crippen LogP) is 13.0. The molecule has 1 atom stereocenters. The van der Waals surface area contributed by atoms with E-state index < -0.39 is 0 Å². The summed E-state index contributed by atoms with van der Waals surface area (Å²) in [6.07, 6.45) is 7.55. The first-order chi connectivity index (χ1) is 26.2. The maximum Gasteiger partial charge on any atom is 0.165 e. The van der Waals surface area contributed by atoms with Crippen LogP contribution >= 0.6 is 0 Å². The average molecular weight is 682 g/mol. The number of aromatic nitrogens is 3. The van der Waals surface area contributed by atoms with Gasteiger partial charge in [0.25, 0.3) is 0 Å². The zero-order valence-corrected chi connectivity index (χ0v) is 28.9. The lowest BCUT2D eigenvalue weighted by atomic mass is 9.91. The molecule has 53 heavy (non-hydrogen) atoms. The van der Waals surface area contributed by atoms with Crippen LogP contribution in [-0.4, -0.2) is 15.0 Å². The Bertz CT molecular complexity index is 3180. The first-order valence-corrected chi connectivity index (χ1v) is 18.1. The summed E-state index contributed by atoms with van der Waals surface area (Å²) in [5.74, 6) is 2.32. The third-order valence-electron chi connectivity index (χ3n) is 10.7. The van der Waals surface area contributed by atoms with E-state index in [2.05, 4.69) is 146 Å². The van der Waals surface area contributed by atoms with Crippen LogP contribution < -0.4 is 0 Å². The molecule has 0 radical (unpaired) electrons. The van der Waals surface area contributed by atoms with E-state index in [1.54, 1.807) is 0 Å². The lowest BCUT2D eigenvalue weighted by Gasteiger charge is -2.16. The highest BCUT2D eigenvalue weighted by Gasteiger charge is 2.25. The number of benzene rings is 7. The summed E-state index contributed by atoms with van der Waals surface area (Å²) in [6.45, 7) is 2.23. The highest BCUT2D eigenvalue weighted by atomic mass is 16.3. The minimum Gasteiger partial charge on any atom is -0.456 e. The van der Waals surface area contributed by atoms with Crippen molar-refractivity contribution >= 4 is 71.0 Å². The molecule has 1 aliphatic rings. The molecule has 7 aromatic carbocycles. The number of furan rings is 2. The van der Waals surface area contributed by atoms with Gasteiger partial charge in [-0.3, -0.25) is 0 Å². The molecule has 0 saturated carbocycles. The fourth-order valence-corrected chi connectivity index (χ4v) is 8.02. The summed E-state index contributed by atoms with van der Waals surface area (Å²) in [5, 5.41) is 8.64. The van der Waals surface area contributed by atoms with Crippen molar-refractivity contribution in [2.75, 3.05) is 0 Å². The monoisotopic (exact) mass is 681 g/mol. The van der Waals surface area contributed by atoms with Crippen LogP contribution in [0.1, 0.15) is 19.2 Å². The molecular weight excluding hydrogens is 651 g/mol. The van der Waals surface area contributed by atoms with Crippen molar-refractivity contribution in [2.45, 2.75) is 13.3 Å². The van der Waals surface area contributed by atoms with Gasteiger partial charge in [-0.25, -0.2) is 15.0 Å². The van der Waals surface area contributed by atoms with Gasteiger partial charge in [0.15, 0.2) is 17.5 Å². The van der Waals surface area contributed by atoms with E-state index in [1.807, 2.05) is 12.1 Å². The molecule has 0 amide bonds. The molecular formula is C48H31N3O2. The summed E-state index contributed by atoms with van der Waals surface area (Å²) < 4.78 is 13.2. The minimum atomic E-state index is 0.458. The first-order valence-electron chi connectivity index (χ1n) is 18.1. The molecule has 1 unspecified atom stereocenters. The fraction of sp³-hybridized carbons (Fsp3) is 0.0625. The second-order valence-electron chi connectivity index (χ2n) is 14.0. The van der Waals surface area contributed by atoms with E-state index >= 15 is 0 Å². The fourth-order valence-electron chi connectivity index (χ4n) is 8.02. The van der Waals surface area contributed by atoms with Gasteiger partial charge in [-0.05, 0) is 76.0 Å². The summed E-state index contributed by atoms with van der Waals surface area (Å²) in [7, 11) is 0. The van der Waals surface area contributed by atoms with Crippen LogP contribution in [0.25, 0.3) is 105 Å². The van der Waals surface area contributed by atoms with E-state index in [0.717, 1.165) is 94.3 Å². The molecule has 0 N–H and O–H groups in total. The van der Waals surface area contributed by atoms with Crippen LogP contribution in [0.3, 0.4) is 0 Å². The van der Waals surface area contributed by atoms with Gasteiger partial charge in [0.1, 0.15) is 22.3 Å². The third kappa shape index (κ3) is 4.74. The molecule has 250 valence electrons. The van der Waals surface area contributed by atoms with Crippen molar-refractivity contribution in [1.82, 2.24) is 15.0 Å². The number of hydrogen-bond donors (Lipinski definition) is 0. The highest BCUT2D eigenvalue weighted by molar-refractivity contribution is 6.22. The average Bonchev–Trinajstić information content (AvgIpc) is 3.79. The number of rotatable bonds is 4. The molecule has 5 heteroatoms. The van der Waals surface area contributed by atoms with Crippen LogP contribution in [0.5, 0.6) is 0 Å². The van der Waals surface area contributed by atoms with E-state index in [9.17, 15) is 0 Å². The molecule has 5 nitrogen and oxygen atoms in total. The van der Waals surface area contributed by atoms with Gasteiger partial charge in [-0.2, -0.15) is 0 Å². The molecule has 0 fully saturated rings. The summed E-state index contributed by atoms with van der Waals surface area (Å²) in [6, 6.07) is 46.3. The third-order valence-corrected chi connectivity index (χ3v) is 10.7. The van der Waals surface area contributed by atoms with Gasteiger partial charge in [-0.15, -0.1) is 0 Å². The van der Waals surface area contributed by atoms with Crippen LogP contribution in [0, 0.1) is 5.92 Å². The predicted molar refractivity (Wildman–Crippen MR) is 217 cm³/mol. The maximum atomic E-state index is 6.66. The number of nitrogens with zero attached hydrogens (tertiary/aromatic N) is 3. The van der Waals surface area contributed by atoms with Gasteiger partial charge >= 0.3 is 0 Å². The summed E-state index contributed by atoms with van der Waals surface area (Å²) in [4.78, 5) is 15.8. The summed E-state index contributed by atoms with van der Waals surface area (Å²) in [5.41, 5.74) is 8.17. The molecule has 0 spiro atoms. The van der Waals surface area contributed by atoms with Crippen molar-refractivity contribution in [2.24, 2.45) is 5.92 Å². The number of allylic oxidation sites excluding steroid dienone is 4. The van der Waals surface area contributed by atoms with Crippen LogP contribution in [-0.2, 0) is 0 Å². The Kier molecular flexibility index (Phi) is 6.52. The Morgan fingerprint density at radius 2 is 1.26 bits per heavy atom. The number of para-hydroxylation sites is 1. The van der Waals surface area contributed by atoms with Gasteiger partial charge in [0.2, 0.25) is 0 Å². The van der Waals surface area contributed by atoms with Crippen molar-refractivity contribution in [3.63, 3.8) is 0 Å². The molecule has 0 bridgehead atoms. The van der Waals surface area contributed by atoms with E-state index in [1.165, 1.54) is 5.39 Å². The summed E-state index contributed by atoms with van der Waals surface area (Å²) >= 11 is 0. The van der Waals surface area contributed by atoms with Crippen molar-refractivity contribution in [1.29, 1.82) is 0 Å². The molecule has 0 aliphatic heterocycles. The number of hydrogen-bond acceptors (Lipinski definition) is 5. The van der Waals surface area contributed by atoms with Crippen LogP contribution in [0.4, 0.5) is 0 Å². The molecule has 3 aromatic heterocycles. The van der Waals surface area contributed by atoms with E-state index in [-0.39, 0.29) is 0 Å². The molecule has 0 saturated heterocycles. The first kappa shape index (κ1) is 29.8. The lowest BCUT2D eigenvalue weighted by Crippen LogP contribution is -2.05. The van der Waals surface area contributed by atoms with Gasteiger partial charge in [0, 0.05) is 43.6 Å². The van der Waals surface area contributed by atoms with Crippen LogP contribution in [0.15, 0.2) is 161 Å². The second-order valence-corrected chi connectivity index (χ2v) is 14.0. The zero-order chi connectivity index (χ0) is 35.0. The van der Waals surface area contributed by atoms with Crippen LogP contribution in [0.2, 0.25) is 0 Å². The zero-order valence-electron chi connectivity index (χ0n) is 28.9. The topological polar surface area (TPSA) is 65.0 Å². The van der Waals surface area contributed by atoms with Crippen molar-refractivity contribution in [3.05, 3.63) is 158 Å². The Labute approximate surface area is 304 Å². The molecule has 1 aliphatic carbocycles. The smallest absolute Gasteiger partial charge is 0.165 e. The molecule has 10 aromatic rings. The standard InChI is InChI=1S/C48H31N3O2/c1-28-17-19-31(20-18-28)46-49-47(33-22-21-29-9-2-3-11-32(29)27-33)51-48(50-46)44-36(25-26-41-43(44)37-13-6-7-15-39(37)52-41)35-14-8-16-40-42(35)38-24-23-30-10-4-5-12-34(30)45(38)53-40/h2-17,19-28H,18H2,1H3. The van der Waals surface area contributed by atoms with Gasteiger partial charge < -0.3 is 8.83 Å². The Hall–Kier alpha value is -6.85. The Balaban J connectivity index is 1.25. The van der Waals surface area contributed by atoms with E-state index in [4.69, 9.17) is 23.8 Å². The Morgan fingerprint density at radius 1 is 0.528 bits per heavy atom. The van der Waals surface area contributed by atoms with Crippen molar-refractivity contribution < 1.29 is 8.83 Å². The van der Waals surface area contributed by atoms with Gasteiger partial charge in [0.05, 0.1) is 0 Å². The number of fused-ring (bicyclic) bond motifs is 9. The molecule has 3 heterocycles. The minimum absolute atomic E-state index is 0.458. The SMILES string of the molecule is CC1C=CC(c2nc(-c3ccc4ccccc4c3)nc(-c3c(-c4cccc5oc6c7ccccc7ccc6c45)ccc4oc5ccccc5c34)n2)=CC1. The largest absolute Gasteiger partial charge is 0.456 e. The highest BCUT2D eigenvalue weighted by Crippen LogP contribution is 2.46. The lowest BCUT2D eigenvalue weighted by molar-refractivity contribution is 0.669. The van der Waals surface area contributed by atoms with Gasteiger partial charge in [-0.1, -0.05) is 122 Å². The van der Waals surface area contributed by atoms with Crippen molar-refractivity contribution in [3.8, 4) is 33.9 Å². The molecule has 11 rings (SSSR count). The van der Waals surface area contributed by atoms with E-state index in [0.29, 0.717) is 23.4 Å². The quantitative estimate of drug-likeness (QED) is 0.185. The Morgan fingerprint density at radius 3 is 2.15 bits per heavy atom. The maximum absolute atomic E-state index is 6.66. The second kappa shape index (κ2) is 11.6.